The molecule has 3 N–H and O–H groups in total. The van der Waals surface area contributed by atoms with Crippen molar-refractivity contribution >= 4 is 33.5 Å². The Morgan fingerprint density at radius 2 is 2.27 bits per heavy atom. The molecule has 0 aromatic carbocycles. The molecule has 1 rings (SSSR count). The van der Waals surface area contributed by atoms with Crippen LogP contribution in [0, 0.1) is 0 Å². The highest BCUT2D eigenvalue weighted by Crippen LogP contribution is 2.34. The zero-order valence-corrected chi connectivity index (χ0v) is 10.5. The monoisotopic (exact) mass is 296 g/mol. The fourth-order valence-corrected chi connectivity index (χ4v) is 1.95. The molecule has 0 spiro atoms. The molecule has 7 heteroatoms. The molecule has 15 heavy (non-hydrogen) atoms. The number of hydrogen-bond acceptors (Lipinski definition) is 4. The van der Waals surface area contributed by atoms with Crippen molar-refractivity contribution in [3.05, 3.63) is 21.1 Å². The molecule has 5 nitrogen and oxygen atoms in total. The minimum Gasteiger partial charge on any atom is -0.496 e. The van der Waals surface area contributed by atoms with E-state index in [1.807, 2.05) is 0 Å². The molecule has 1 unspecified atom stereocenters. The molecular formula is C8H10BrClN2O3. The number of allylic oxidation sites excluding steroid dienone is 1. The number of nitrogens with two attached hydrogens (primary N) is 1. The van der Waals surface area contributed by atoms with Gasteiger partial charge in [-0.2, -0.15) is 0 Å². The second-order valence-corrected chi connectivity index (χ2v) is 4.07. The van der Waals surface area contributed by atoms with Crippen LogP contribution in [0.25, 0.3) is 0 Å². The van der Waals surface area contributed by atoms with E-state index in [2.05, 4.69) is 15.9 Å². The van der Waals surface area contributed by atoms with E-state index < -0.39 is 12.0 Å². The fraction of sp³-hybridized carbons (Fsp3) is 0.375. The summed E-state index contributed by atoms with van der Waals surface area (Å²) < 4.78 is 5.38. The Labute approximate surface area is 100 Å². The van der Waals surface area contributed by atoms with Crippen LogP contribution in [0.4, 0.5) is 0 Å². The van der Waals surface area contributed by atoms with Gasteiger partial charge in [0, 0.05) is 7.05 Å². The molecule has 84 valence electrons. The maximum Gasteiger partial charge on any atom is 0.334 e. The molecule has 0 radical (unpaired) electrons. The third-order valence-corrected chi connectivity index (χ3v) is 3.65. The molecule has 0 saturated heterocycles. The summed E-state index contributed by atoms with van der Waals surface area (Å²) in [5, 5.41) is 9.28. The SMILES string of the molecule is COC1=C(N)C(Cl)=C(Br)N(C)C1C(=O)O. The maximum absolute atomic E-state index is 11.0. The first-order valence-corrected chi connectivity index (χ1v) is 5.13. The van der Waals surface area contributed by atoms with E-state index in [0.29, 0.717) is 4.61 Å². The lowest BCUT2D eigenvalue weighted by Gasteiger charge is -2.32. The van der Waals surface area contributed by atoms with Crippen LogP contribution in [0.5, 0.6) is 0 Å². The Balaban J connectivity index is 3.30. The molecule has 0 aliphatic carbocycles. The van der Waals surface area contributed by atoms with Crippen LogP contribution in [0.15, 0.2) is 21.1 Å². The molecular weight excluding hydrogens is 287 g/mol. The van der Waals surface area contributed by atoms with Crippen molar-refractivity contribution in [1.82, 2.24) is 4.90 Å². The second kappa shape index (κ2) is 4.32. The number of methoxy groups -OCH3 is 1. The Morgan fingerprint density at radius 1 is 1.73 bits per heavy atom. The van der Waals surface area contributed by atoms with E-state index in [0.717, 1.165) is 0 Å². The molecule has 0 saturated carbocycles. The molecule has 0 aromatic rings. The zero-order valence-electron chi connectivity index (χ0n) is 8.12. The molecule has 0 aromatic heterocycles. The molecule has 1 atom stereocenters. The van der Waals surface area contributed by atoms with Crippen LogP contribution in [-0.4, -0.2) is 36.2 Å². The van der Waals surface area contributed by atoms with Crippen LogP contribution in [0.3, 0.4) is 0 Å². The summed E-state index contributed by atoms with van der Waals surface area (Å²) in [6, 6.07) is -0.966. The van der Waals surface area contributed by atoms with E-state index >= 15 is 0 Å². The van der Waals surface area contributed by atoms with Crippen molar-refractivity contribution in [2.24, 2.45) is 5.73 Å². The third-order valence-electron chi connectivity index (χ3n) is 2.08. The topological polar surface area (TPSA) is 75.8 Å². The van der Waals surface area contributed by atoms with E-state index in [9.17, 15) is 4.79 Å². The van der Waals surface area contributed by atoms with Crippen molar-refractivity contribution in [2.45, 2.75) is 6.04 Å². The summed E-state index contributed by atoms with van der Waals surface area (Å²) in [4.78, 5) is 12.5. The number of hydrogen-bond donors (Lipinski definition) is 2. The Kier molecular flexibility index (Phi) is 3.51. The van der Waals surface area contributed by atoms with Gasteiger partial charge in [0.05, 0.1) is 17.8 Å². The fourth-order valence-electron chi connectivity index (χ4n) is 1.31. The summed E-state index contributed by atoms with van der Waals surface area (Å²) in [5.74, 6) is -0.920. The number of likely N-dealkylation sites (N-methyl/N-ethyl adjacent to an activating group) is 1. The van der Waals surface area contributed by atoms with Gasteiger partial charge in [0.2, 0.25) is 0 Å². The molecule has 1 aliphatic heterocycles. The number of halogens is 2. The van der Waals surface area contributed by atoms with E-state index in [-0.39, 0.29) is 16.5 Å². The first-order valence-electron chi connectivity index (χ1n) is 3.96. The summed E-state index contributed by atoms with van der Waals surface area (Å²) in [6.07, 6.45) is 0. The summed E-state index contributed by atoms with van der Waals surface area (Å²) in [7, 11) is 2.94. The Hall–Kier alpha value is -0.880. The highest BCUT2D eigenvalue weighted by atomic mass is 79.9. The largest absolute Gasteiger partial charge is 0.496 e. The van der Waals surface area contributed by atoms with Crippen LogP contribution in [-0.2, 0) is 9.53 Å². The van der Waals surface area contributed by atoms with Crippen molar-refractivity contribution in [3.63, 3.8) is 0 Å². The number of carbonyl (C=O) groups is 1. The maximum atomic E-state index is 11.0. The first kappa shape index (κ1) is 12.2. The van der Waals surface area contributed by atoms with Gasteiger partial charge < -0.3 is 20.5 Å². The average molecular weight is 298 g/mol. The van der Waals surface area contributed by atoms with E-state index in [1.54, 1.807) is 7.05 Å². The van der Waals surface area contributed by atoms with Crippen molar-refractivity contribution in [2.75, 3.05) is 14.2 Å². The van der Waals surface area contributed by atoms with Crippen LogP contribution < -0.4 is 5.73 Å². The average Bonchev–Trinajstić information content (AvgIpc) is 2.19. The molecule has 1 heterocycles. The second-order valence-electron chi connectivity index (χ2n) is 2.94. The summed E-state index contributed by atoms with van der Waals surface area (Å²) in [6.45, 7) is 0. The lowest BCUT2D eigenvalue weighted by atomic mass is 10.1. The van der Waals surface area contributed by atoms with Crippen molar-refractivity contribution < 1.29 is 14.6 Å². The van der Waals surface area contributed by atoms with Gasteiger partial charge >= 0.3 is 5.97 Å². The standard InChI is InChI=1S/C8H10BrClN2O3/c1-12-5(8(13)14)6(15-2)4(11)3(10)7(12)9/h5H,11H2,1-2H3,(H,13,14). The number of nitrogens with zero attached hydrogens (tertiary/aromatic N) is 1. The minimum absolute atomic E-state index is 0.136. The van der Waals surface area contributed by atoms with Gasteiger partial charge in [-0.25, -0.2) is 4.79 Å². The number of carboxylic acid groups (broad SMARTS) is 1. The van der Waals surface area contributed by atoms with Crippen LogP contribution in [0.1, 0.15) is 0 Å². The van der Waals surface area contributed by atoms with Gasteiger partial charge in [0.25, 0.3) is 0 Å². The molecule has 1 aliphatic rings. The molecule has 0 bridgehead atoms. The van der Waals surface area contributed by atoms with Crippen molar-refractivity contribution in [3.8, 4) is 0 Å². The lowest BCUT2D eigenvalue weighted by molar-refractivity contribution is -0.141. The number of aliphatic carboxylic acids is 1. The molecule has 0 amide bonds. The normalized spacial score (nSPS) is 22.1. The van der Waals surface area contributed by atoms with E-state index in [4.69, 9.17) is 27.2 Å². The number of carboxylic acids is 1. The van der Waals surface area contributed by atoms with Gasteiger partial charge in [-0.1, -0.05) is 11.6 Å². The lowest BCUT2D eigenvalue weighted by Crippen LogP contribution is -2.43. The van der Waals surface area contributed by atoms with Gasteiger partial charge in [0.1, 0.15) is 4.61 Å². The quantitative estimate of drug-likeness (QED) is 0.744. The zero-order chi connectivity index (χ0) is 11.7. The van der Waals surface area contributed by atoms with Gasteiger partial charge in [-0.05, 0) is 15.9 Å². The van der Waals surface area contributed by atoms with Crippen LogP contribution >= 0.6 is 27.5 Å². The smallest absolute Gasteiger partial charge is 0.334 e. The number of ether oxygens (including phenoxy) is 1. The Bertz CT molecular complexity index is 367. The van der Waals surface area contributed by atoms with Gasteiger partial charge in [-0.3, -0.25) is 0 Å². The van der Waals surface area contributed by atoms with Gasteiger partial charge in [0.15, 0.2) is 11.8 Å². The number of rotatable bonds is 2. The highest BCUT2D eigenvalue weighted by Gasteiger charge is 2.36. The summed E-state index contributed by atoms with van der Waals surface area (Å²) in [5.41, 5.74) is 5.79. The predicted octanol–water partition coefficient (Wildman–Crippen LogP) is 1.00. The highest BCUT2D eigenvalue weighted by molar-refractivity contribution is 9.11. The summed E-state index contributed by atoms with van der Waals surface area (Å²) >= 11 is 9.06. The predicted molar refractivity (Wildman–Crippen MR) is 59.2 cm³/mol. The first-order chi connectivity index (χ1) is 6.91. The Morgan fingerprint density at radius 3 is 2.67 bits per heavy atom. The third kappa shape index (κ3) is 1.91. The van der Waals surface area contributed by atoms with Crippen molar-refractivity contribution in [1.29, 1.82) is 0 Å². The van der Waals surface area contributed by atoms with E-state index in [1.165, 1.54) is 12.0 Å². The minimum atomic E-state index is -1.06. The van der Waals surface area contributed by atoms with Gasteiger partial charge in [-0.15, -0.1) is 0 Å². The molecule has 0 fully saturated rings. The van der Waals surface area contributed by atoms with Crippen LogP contribution in [0.2, 0.25) is 0 Å².